The molecule has 0 saturated heterocycles. The second kappa shape index (κ2) is 4.91. The Kier molecular flexibility index (Phi) is 3.46. The van der Waals surface area contributed by atoms with Crippen LogP contribution in [0.15, 0.2) is 24.3 Å². The minimum atomic E-state index is -1.54. The minimum Gasteiger partial charge on any atom is -0.491 e. The fourth-order valence-corrected chi connectivity index (χ4v) is 1.76. The first-order valence-electron chi connectivity index (χ1n) is 5.44. The zero-order valence-electron chi connectivity index (χ0n) is 10.2. The van der Waals surface area contributed by atoms with Gasteiger partial charge in [0, 0.05) is 0 Å². The molecular formula is C14H10F4O. The van der Waals surface area contributed by atoms with Gasteiger partial charge in [0.05, 0.1) is 12.7 Å². The Hall–Kier alpha value is -2.04. The predicted octanol–water partition coefficient (Wildman–Crippen LogP) is 4.23. The van der Waals surface area contributed by atoms with Gasteiger partial charge < -0.3 is 4.74 Å². The Balaban J connectivity index is 2.74. The van der Waals surface area contributed by atoms with Crippen molar-refractivity contribution in [1.82, 2.24) is 0 Å². The number of hydrogen-bond donors (Lipinski definition) is 0. The van der Waals surface area contributed by atoms with Crippen LogP contribution in [-0.4, -0.2) is 7.11 Å². The third kappa shape index (κ3) is 2.16. The lowest BCUT2D eigenvalue weighted by Gasteiger charge is -2.11. The Morgan fingerprint density at radius 1 is 0.789 bits per heavy atom. The average molecular weight is 270 g/mol. The molecule has 0 amide bonds. The summed E-state index contributed by atoms with van der Waals surface area (Å²) >= 11 is 0. The molecule has 0 N–H and O–H groups in total. The highest BCUT2D eigenvalue weighted by Gasteiger charge is 2.26. The summed E-state index contributed by atoms with van der Waals surface area (Å²) in [5.74, 6) is -7.10. The molecule has 2 rings (SSSR count). The van der Waals surface area contributed by atoms with Crippen LogP contribution in [0.3, 0.4) is 0 Å². The summed E-state index contributed by atoms with van der Waals surface area (Å²) in [4.78, 5) is 0. The van der Waals surface area contributed by atoms with Gasteiger partial charge in [-0.25, -0.2) is 8.78 Å². The SMILES string of the molecule is COc1c(F)c(F)c(-c2ccc(C)cc2)c(F)c1F. The van der Waals surface area contributed by atoms with Crippen LogP contribution in [0.5, 0.6) is 5.75 Å². The summed E-state index contributed by atoms with van der Waals surface area (Å²) in [5, 5.41) is 0. The first-order valence-corrected chi connectivity index (χ1v) is 5.44. The first kappa shape index (κ1) is 13.4. The highest BCUT2D eigenvalue weighted by Crippen LogP contribution is 2.35. The number of halogens is 4. The smallest absolute Gasteiger partial charge is 0.204 e. The number of benzene rings is 2. The van der Waals surface area contributed by atoms with Crippen LogP contribution < -0.4 is 4.74 Å². The molecule has 2 aromatic carbocycles. The summed E-state index contributed by atoms with van der Waals surface area (Å²) in [7, 11) is 0.936. The van der Waals surface area contributed by atoms with E-state index in [1.54, 1.807) is 19.1 Å². The quantitative estimate of drug-likeness (QED) is 0.586. The molecule has 0 aromatic heterocycles. The van der Waals surface area contributed by atoms with Crippen LogP contribution in [-0.2, 0) is 0 Å². The van der Waals surface area contributed by atoms with Crippen molar-refractivity contribution in [1.29, 1.82) is 0 Å². The van der Waals surface area contributed by atoms with Crippen molar-refractivity contribution in [3.63, 3.8) is 0 Å². The number of ether oxygens (including phenoxy) is 1. The Labute approximate surface area is 107 Å². The normalized spacial score (nSPS) is 10.6. The Morgan fingerprint density at radius 3 is 1.68 bits per heavy atom. The fourth-order valence-electron chi connectivity index (χ4n) is 1.76. The number of rotatable bonds is 2. The van der Waals surface area contributed by atoms with Crippen LogP contribution >= 0.6 is 0 Å². The maximum Gasteiger partial charge on any atom is 0.204 e. The Bertz CT molecular complexity index is 591. The van der Waals surface area contributed by atoms with Gasteiger partial charge in [-0.1, -0.05) is 29.8 Å². The van der Waals surface area contributed by atoms with Crippen LogP contribution in [0.1, 0.15) is 5.56 Å². The maximum atomic E-state index is 13.8. The van der Waals surface area contributed by atoms with Crippen molar-refractivity contribution in [2.45, 2.75) is 6.92 Å². The van der Waals surface area contributed by atoms with E-state index in [4.69, 9.17) is 0 Å². The molecule has 0 aliphatic rings. The molecule has 0 aliphatic carbocycles. The molecule has 0 radical (unpaired) electrons. The first-order chi connectivity index (χ1) is 8.97. The van der Waals surface area contributed by atoms with Crippen LogP contribution in [0.2, 0.25) is 0 Å². The zero-order chi connectivity index (χ0) is 14.2. The summed E-state index contributed by atoms with van der Waals surface area (Å²) < 4.78 is 59.1. The molecule has 0 spiro atoms. The molecule has 19 heavy (non-hydrogen) atoms. The van der Waals surface area contributed by atoms with Crippen molar-refractivity contribution in [2.24, 2.45) is 0 Å². The average Bonchev–Trinajstić information content (AvgIpc) is 2.40. The zero-order valence-corrected chi connectivity index (χ0v) is 10.2. The van der Waals surface area contributed by atoms with E-state index in [0.29, 0.717) is 0 Å². The second-order valence-corrected chi connectivity index (χ2v) is 4.03. The fraction of sp³-hybridized carbons (Fsp3) is 0.143. The molecule has 0 saturated carbocycles. The van der Waals surface area contributed by atoms with Gasteiger partial charge in [-0.3, -0.25) is 0 Å². The van der Waals surface area contributed by atoms with Crippen molar-refractivity contribution in [3.05, 3.63) is 53.1 Å². The molecule has 0 aliphatic heterocycles. The van der Waals surface area contributed by atoms with E-state index in [2.05, 4.69) is 4.74 Å². The van der Waals surface area contributed by atoms with E-state index >= 15 is 0 Å². The van der Waals surface area contributed by atoms with E-state index < -0.39 is 34.6 Å². The standard InChI is InChI=1S/C14H10F4O/c1-7-3-5-8(6-4-7)9-10(15)12(17)14(19-2)13(18)11(9)16/h3-6H,1-2H3. The second-order valence-electron chi connectivity index (χ2n) is 4.03. The van der Waals surface area contributed by atoms with E-state index in [9.17, 15) is 17.6 Å². The lowest BCUT2D eigenvalue weighted by Crippen LogP contribution is -2.03. The molecular weight excluding hydrogens is 260 g/mol. The van der Waals surface area contributed by atoms with Gasteiger partial charge in [-0.2, -0.15) is 8.78 Å². The van der Waals surface area contributed by atoms with E-state index in [1.807, 2.05) is 0 Å². The van der Waals surface area contributed by atoms with E-state index in [1.165, 1.54) is 12.1 Å². The van der Waals surface area contributed by atoms with E-state index in [0.717, 1.165) is 12.7 Å². The van der Waals surface area contributed by atoms with Gasteiger partial charge in [0.15, 0.2) is 17.4 Å². The molecule has 0 fully saturated rings. The molecule has 0 bridgehead atoms. The van der Waals surface area contributed by atoms with Crippen molar-refractivity contribution < 1.29 is 22.3 Å². The van der Waals surface area contributed by atoms with Gasteiger partial charge in [0.25, 0.3) is 0 Å². The van der Waals surface area contributed by atoms with Crippen LogP contribution in [0.25, 0.3) is 11.1 Å². The molecule has 100 valence electrons. The molecule has 2 aromatic rings. The lowest BCUT2D eigenvalue weighted by molar-refractivity contribution is 0.334. The number of hydrogen-bond acceptors (Lipinski definition) is 1. The minimum absolute atomic E-state index is 0.0565. The molecule has 0 heterocycles. The molecule has 0 unspecified atom stereocenters. The van der Waals surface area contributed by atoms with Gasteiger partial charge >= 0.3 is 0 Å². The molecule has 1 nitrogen and oxygen atoms in total. The highest BCUT2D eigenvalue weighted by atomic mass is 19.2. The van der Waals surface area contributed by atoms with Gasteiger partial charge in [0.1, 0.15) is 0 Å². The highest BCUT2D eigenvalue weighted by molar-refractivity contribution is 5.66. The predicted molar refractivity (Wildman–Crippen MR) is 63.0 cm³/mol. The molecule has 0 atom stereocenters. The van der Waals surface area contributed by atoms with Crippen molar-refractivity contribution in [2.75, 3.05) is 7.11 Å². The lowest BCUT2D eigenvalue weighted by atomic mass is 10.0. The third-order valence-electron chi connectivity index (χ3n) is 2.77. The van der Waals surface area contributed by atoms with Gasteiger partial charge in [-0.05, 0) is 12.5 Å². The summed E-state index contributed by atoms with van der Waals surface area (Å²) in [6.45, 7) is 1.78. The third-order valence-corrected chi connectivity index (χ3v) is 2.77. The number of aryl methyl sites for hydroxylation is 1. The van der Waals surface area contributed by atoms with Crippen molar-refractivity contribution in [3.8, 4) is 16.9 Å². The largest absolute Gasteiger partial charge is 0.491 e. The van der Waals surface area contributed by atoms with Gasteiger partial charge in [-0.15, -0.1) is 0 Å². The Morgan fingerprint density at radius 2 is 1.26 bits per heavy atom. The van der Waals surface area contributed by atoms with Crippen LogP contribution in [0.4, 0.5) is 17.6 Å². The summed E-state index contributed by atoms with van der Waals surface area (Å²) in [6.07, 6.45) is 0. The monoisotopic (exact) mass is 270 g/mol. The maximum absolute atomic E-state index is 13.8. The van der Waals surface area contributed by atoms with E-state index in [-0.39, 0.29) is 5.56 Å². The number of methoxy groups -OCH3 is 1. The van der Waals surface area contributed by atoms with Crippen molar-refractivity contribution >= 4 is 0 Å². The summed E-state index contributed by atoms with van der Waals surface area (Å²) in [6, 6.07) is 5.97. The molecule has 5 heteroatoms. The topological polar surface area (TPSA) is 9.23 Å². The van der Waals surface area contributed by atoms with Gasteiger partial charge in [0.2, 0.25) is 11.6 Å². The summed E-state index contributed by atoms with van der Waals surface area (Å²) in [5.41, 5.74) is 0.177. The van der Waals surface area contributed by atoms with Crippen LogP contribution in [0, 0.1) is 30.2 Å².